The van der Waals surface area contributed by atoms with Gasteiger partial charge in [-0.15, -0.1) is 5.06 Å². The zero-order valence-electron chi connectivity index (χ0n) is 22.2. The average molecular weight is 625 g/mol. The van der Waals surface area contributed by atoms with E-state index in [0.717, 1.165) is 34.4 Å². The predicted octanol–water partition coefficient (Wildman–Crippen LogP) is 7.59. The number of nitrogens with one attached hydrogen (secondary N) is 1. The van der Waals surface area contributed by atoms with Gasteiger partial charge in [-0.1, -0.05) is 88.7 Å². The second-order valence-electron chi connectivity index (χ2n) is 9.45. The molecule has 0 spiro atoms. The Morgan fingerprint density at radius 1 is 0.829 bits per heavy atom. The summed E-state index contributed by atoms with van der Waals surface area (Å²) in [6.45, 7) is 1.96. The van der Waals surface area contributed by atoms with E-state index in [1.807, 2.05) is 18.2 Å². The Hall–Kier alpha value is -3.95. The molecule has 0 aromatic heterocycles. The van der Waals surface area contributed by atoms with E-state index in [1.165, 1.54) is 24.1 Å². The van der Waals surface area contributed by atoms with E-state index in [2.05, 4.69) is 57.6 Å². The molecule has 0 heterocycles. The van der Waals surface area contributed by atoms with E-state index >= 15 is 0 Å². The molecule has 0 saturated heterocycles. The van der Waals surface area contributed by atoms with Crippen molar-refractivity contribution in [3.05, 3.63) is 129 Å². The lowest BCUT2D eigenvalue weighted by Gasteiger charge is -2.22. The topological polar surface area (TPSA) is 58.6 Å². The quantitative estimate of drug-likeness (QED) is 0.185. The van der Waals surface area contributed by atoms with Crippen molar-refractivity contribution >= 4 is 27.8 Å². The minimum absolute atomic E-state index is 0.0821. The highest BCUT2D eigenvalue weighted by molar-refractivity contribution is 9.10. The molecule has 0 fully saturated rings. The van der Waals surface area contributed by atoms with Crippen LogP contribution in [0.25, 0.3) is 11.1 Å². The van der Waals surface area contributed by atoms with E-state index in [1.54, 1.807) is 18.2 Å². The third-order valence-electron chi connectivity index (χ3n) is 6.32. The highest BCUT2D eigenvalue weighted by Gasteiger charge is 2.30. The van der Waals surface area contributed by atoms with Crippen LogP contribution in [-0.2, 0) is 35.3 Å². The van der Waals surface area contributed by atoms with Gasteiger partial charge in [0.25, 0.3) is 5.91 Å². The average Bonchev–Trinajstić information content (AvgIpc) is 2.94. The highest BCUT2D eigenvalue weighted by atomic mass is 79.9. The van der Waals surface area contributed by atoms with Gasteiger partial charge >= 0.3 is 12.1 Å². The summed E-state index contributed by atoms with van der Waals surface area (Å²) in [6, 6.07) is 28.1. The van der Waals surface area contributed by atoms with Crippen LogP contribution in [-0.4, -0.2) is 23.5 Å². The third-order valence-corrected chi connectivity index (χ3v) is 7.06. The Morgan fingerprint density at radius 3 is 2.07 bits per heavy atom. The normalized spacial score (nSPS) is 11.4. The molecule has 0 aliphatic rings. The number of hydrogen-bond acceptors (Lipinski definition) is 4. The molecule has 0 atom stereocenters. The third kappa shape index (κ3) is 8.77. The number of benzene rings is 4. The van der Waals surface area contributed by atoms with Crippen LogP contribution < -0.4 is 5.32 Å². The molecule has 41 heavy (non-hydrogen) atoms. The first-order valence-electron chi connectivity index (χ1n) is 12.9. The number of carbonyl (C=O) groups is 2. The van der Waals surface area contributed by atoms with Gasteiger partial charge in [-0.2, -0.15) is 13.2 Å². The summed E-state index contributed by atoms with van der Waals surface area (Å²) in [5, 5.41) is 4.29. The maximum atomic E-state index is 12.9. The minimum atomic E-state index is -4.43. The van der Waals surface area contributed by atoms with E-state index in [9.17, 15) is 22.8 Å². The molecule has 0 bridgehead atoms. The Morgan fingerprint density at radius 2 is 1.46 bits per heavy atom. The molecule has 1 amide bonds. The number of halogens is 4. The zero-order valence-corrected chi connectivity index (χ0v) is 23.8. The lowest BCUT2D eigenvalue weighted by atomic mass is 10.0. The van der Waals surface area contributed by atoms with Crippen LogP contribution in [0.4, 0.5) is 13.2 Å². The maximum Gasteiger partial charge on any atom is 0.416 e. The molecule has 0 radical (unpaired) electrons. The SMILES string of the molecule is CC(=O)ON(Cc1ccc(C(F)(F)F)cc1)Cc1ccc(C(=O)NCCc2ccc(-c3ccccc3)cc2)cc1Br. The number of alkyl halides is 3. The number of hydroxylamine groups is 2. The van der Waals surface area contributed by atoms with Gasteiger partial charge in [-0.25, -0.2) is 0 Å². The van der Waals surface area contributed by atoms with Crippen molar-refractivity contribution in [1.82, 2.24) is 10.4 Å². The second-order valence-corrected chi connectivity index (χ2v) is 10.3. The molecular weight excluding hydrogens is 597 g/mol. The van der Waals surface area contributed by atoms with E-state index in [0.29, 0.717) is 28.6 Å². The van der Waals surface area contributed by atoms with Crippen LogP contribution in [0.15, 0.2) is 102 Å². The van der Waals surface area contributed by atoms with Crippen LogP contribution in [0.2, 0.25) is 0 Å². The van der Waals surface area contributed by atoms with Gasteiger partial charge < -0.3 is 10.2 Å². The van der Waals surface area contributed by atoms with Crippen molar-refractivity contribution in [3.8, 4) is 11.1 Å². The van der Waals surface area contributed by atoms with Crippen molar-refractivity contribution in [2.45, 2.75) is 32.6 Å². The largest absolute Gasteiger partial charge is 0.416 e. The molecule has 0 aliphatic heterocycles. The van der Waals surface area contributed by atoms with Crippen molar-refractivity contribution in [2.24, 2.45) is 0 Å². The first-order chi connectivity index (χ1) is 19.6. The first-order valence-corrected chi connectivity index (χ1v) is 13.7. The Balaban J connectivity index is 1.33. The Kier molecular flexibility index (Phi) is 9.96. The summed E-state index contributed by atoms with van der Waals surface area (Å²) < 4.78 is 39.3. The van der Waals surface area contributed by atoms with Crippen molar-refractivity contribution < 1.29 is 27.6 Å². The van der Waals surface area contributed by atoms with Crippen molar-refractivity contribution in [3.63, 3.8) is 0 Å². The van der Waals surface area contributed by atoms with Gasteiger partial charge in [0.2, 0.25) is 0 Å². The first kappa shape index (κ1) is 30.0. The van der Waals surface area contributed by atoms with Crippen LogP contribution in [0.3, 0.4) is 0 Å². The van der Waals surface area contributed by atoms with Crippen molar-refractivity contribution in [2.75, 3.05) is 6.54 Å². The predicted molar refractivity (Wildman–Crippen MR) is 155 cm³/mol. The van der Waals surface area contributed by atoms with Gasteiger partial charge in [0.1, 0.15) is 0 Å². The smallest absolute Gasteiger partial charge is 0.368 e. The molecule has 9 heteroatoms. The second kappa shape index (κ2) is 13.6. The molecule has 212 valence electrons. The zero-order chi connectivity index (χ0) is 29.4. The summed E-state index contributed by atoms with van der Waals surface area (Å²) in [4.78, 5) is 29.7. The number of rotatable bonds is 10. The van der Waals surface area contributed by atoms with Gasteiger partial charge in [-0.05, 0) is 58.5 Å². The monoisotopic (exact) mass is 624 g/mol. The summed E-state index contributed by atoms with van der Waals surface area (Å²) in [6.07, 6.45) is -3.75. The fourth-order valence-electron chi connectivity index (χ4n) is 4.23. The minimum Gasteiger partial charge on any atom is -0.368 e. The number of amides is 1. The summed E-state index contributed by atoms with van der Waals surface area (Å²) in [7, 11) is 0. The fourth-order valence-corrected chi connectivity index (χ4v) is 4.73. The van der Waals surface area contributed by atoms with Crippen LogP contribution in [0.5, 0.6) is 0 Å². The van der Waals surface area contributed by atoms with Gasteiger partial charge in [-0.3, -0.25) is 9.59 Å². The van der Waals surface area contributed by atoms with Gasteiger partial charge in [0.05, 0.1) is 18.7 Å². The molecule has 0 saturated carbocycles. The standard InChI is InChI=1S/C32H28BrF3N2O3/c1-22(39)41-38(20-24-9-15-29(16-10-24)32(34,35)36)21-28-14-13-27(19-30(28)33)31(40)37-18-17-23-7-11-26(12-8-23)25-5-3-2-4-6-25/h2-16,19H,17-18,20-21H2,1H3,(H,37,40). The molecule has 5 nitrogen and oxygen atoms in total. The molecular formula is C32H28BrF3N2O3. The van der Waals surface area contributed by atoms with E-state index < -0.39 is 17.7 Å². The van der Waals surface area contributed by atoms with Crippen LogP contribution >= 0.6 is 15.9 Å². The number of nitrogens with zero attached hydrogens (tertiary/aromatic N) is 1. The van der Waals surface area contributed by atoms with Gasteiger partial charge in [0, 0.05) is 23.5 Å². The summed E-state index contributed by atoms with van der Waals surface area (Å²) in [5.74, 6) is -0.779. The van der Waals surface area contributed by atoms with E-state index in [-0.39, 0.29) is 19.0 Å². The summed E-state index contributed by atoms with van der Waals surface area (Å²) in [5.41, 5.74) is 4.38. The Bertz CT molecular complexity index is 1480. The van der Waals surface area contributed by atoms with Gasteiger partial charge in [0.15, 0.2) is 0 Å². The maximum absolute atomic E-state index is 12.9. The lowest BCUT2D eigenvalue weighted by molar-refractivity contribution is -0.194. The molecule has 1 N–H and O–H groups in total. The fraction of sp³-hybridized carbons (Fsp3) is 0.188. The van der Waals surface area contributed by atoms with Crippen LogP contribution in [0, 0.1) is 0 Å². The Labute approximate surface area is 245 Å². The summed E-state index contributed by atoms with van der Waals surface area (Å²) >= 11 is 3.49. The molecule has 0 aliphatic carbocycles. The molecule has 4 aromatic carbocycles. The lowest BCUT2D eigenvalue weighted by Crippen LogP contribution is -2.27. The highest BCUT2D eigenvalue weighted by Crippen LogP contribution is 2.29. The molecule has 4 aromatic rings. The molecule has 0 unspecified atom stereocenters. The number of carbonyl (C=O) groups excluding carboxylic acids is 2. The van der Waals surface area contributed by atoms with Crippen molar-refractivity contribution in [1.29, 1.82) is 0 Å². The van der Waals surface area contributed by atoms with E-state index in [4.69, 9.17) is 4.84 Å². The molecule has 4 rings (SSSR count). The number of hydrogen-bond donors (Lipinski definition) is 1. The van der Waals surface area contributed by atoms with Crippen LogP contribution in [0.1, 0.15) is 39.5 Å².